The first-order chi connectivity index (χ1) is 11.3. The van der Waals surface area contributed by atoms with Crippen LogP contribution in [0.5, 0.6) is 0 Å². The Morgan fingerprint density at radius 2 is 1.92 bits per heavy atom. The zero-order valence-corrected chi connectivity index (χ0v) is 12.9. The number of carbonyl (C=O) groups is 1. The summed E-state index contributed by atoms with van der Waals surface area (Å²) < 4.78 is 38.2. The number of anilines is 2. The number of hydrogen-bond acceptors (Lipinski definition) is 4. The van der Waals surface area contributed by atoms with Crippen molar-refractivity contribution < 1.29 is 18.0 Å². The Morgan fingerprint density at radius 1 is 1.17 bits per heavy atom. The molecule has 1 aliphatic rings. The largest absolute Gasteiger partial charge is 0.416 e. The van der Waals surface area contributed by atoms with E-state index in [-0.39, 0.29) is 34.2 Å². The van der Waals surface area contributed by atoms with E-state index in [1.54, 1.807) is 0 Å². The average molecular weight is 357 g/mol. The zero-order valence-electron chi connectivity index (χ0n) is 12.2. The molecule has 1 aliphatic carbocycles. The zero-order chi connectivity index (χ0) is 17.3. The topological polar surface area (TPSA) is 66.9 Å². The minimum atomic E-state index is -4.47. The molecular weight excluding hydrogens is 345 g/mol. The Morgan fingerprint density at radius 3 is 2.50 bits per heavy atom. The molecule has 0 radical (unpaired) electrons. The van der Waals surface area contributed by atoms with Gasteiger partial charge in [-0.25, -0.2) is 0 Å². The number of aromatic nitrogens is 2. The van der Waals surface area contributed by atoms with Gasteiger partial charge in [-0.3, -0.25) is 4.79 Å². The van der Waals surface area contributed by atoms with Crippen LogP contribution in [0.4, 0.5) is 24.7 Å². The lowest BCUT2D eigenvalue weighted by Crippen LogP contribution is -2.26. The lowest BCUT2D eigenvalue weighted by Gasteiger charge is -2.11. The van der Waals surface area contributed by atoms with Crippen LogP contribution in [0.3, 0.4) is 0 Å². The molecule has 1 fully saturated rings. The van der Waals surface area contributed by atoms with Gasteiger partial charge in [0, 0.05) is 6.04 Å². The number of nitrogens with one attached hydrogen (secondary N) is 2. The number of amides is 1. The molecule has 1 aromatic heterocycles. The first kappa shape index (κ1) is 16.5. The number of hydrogen-bond donors (Lipinski definition) is 2. The second-order valence-corrected chi connectivity index (χ2v) is 5.78. The highest BCUT2D eigenvalue weighted by Crippen LogP contribution is 2.34. The standard InChI is InChI=1S/C15H12ClF3N4O/c16-10-4-1-8(15(17,18)19)7-12(10)21-13-6-5-11(22-23-13)14(24)20-9-2-3-9/h1,4-7,9H,2-3H2,(H,20,24)(H,21,23). The Hall–Kier alpha value is -2.35. The van der Waals surface area contributed by atoms with Gasteiger partial charge in [0.2, 0.25) is 0 Å². The van der Waals surface area contributed by atoms with E-state index in [0.29, 0.717) is 0 Å². The maximum atomic E-state index is 12.7. The summed E-state index contributed by atoms with van der Waals surface area (Å²) in [6.07, 6.45) is -2.57. The summed E-state index contributed by atoms with van der Waals surface area (Å²) in [6.45, 7) is 0. The highest BCUT2D eigenvalue weighted by molar-refractivity contribution is 6.33. The predicted octanol–water partition coefficient (Wildman–Crippen LogP) is 3.78. The molecule has 1 heterocycles. The number of nitrogens with zero attached hydrogens (tertiary/aromatic N) is 2. The molecule has 0 saturated heterocycles. The van der Waals surface area contributed by atoms with E-state index >= 15 is 0 Å². The molecule has 126 valence electrons. The number of benzene rings is 1. The molecule has 2 aromatic rings. The molecule has 24 heavy (non-hydrogen) atoms. The molecule has 0 spiro atoms. The Labute approximate surface area is 140 Å². The van der Waals surface area contributed by atoms with Crippen molar-refractivity contribution in [3.8, 4) is 0 Å². The Kier molecular flexibility index (Phi) is 4.31. The first-order valence-corrected chi connectivity index (χ1v) is 7.49. The maximum absolute atomic E-state index is 12.7. The van der Waals surface area contributed by atoms with Gasteiger partial charge >= 0.3 is 6.18 Å². The molecule has 1 aromatic carbocycles. The van der Waals surface area contributed by atoms with E-state index in [1.165, 1.54) is 12.1 Å². The monoisotopic (exact) mass is 356 g/mol. The van der Waals surface area contributed by atoms with Crippen molar-refractivity contribution in [1.82, 2.24) is 15.5 Å². The third-order valence-electron chi connectivity index (χ3n) is 3.37. The molecule has 9 heteroatoms. The van der Waals surface area contributed by atoms with Gasteiger partial charge in [-0.2, -0.15) is 13.2 Å². The second kappa shape index (κ2) is 6.27. The fourth-order valence-corrected chi connectivity index (χ4v) is 2.11. The minimum absolute atomic E-state index is 0.0518. The van der Waals surface area contributed by atoms with E-state index in [2.05, 4.69) is 20.8 Å². The number of alkyl halides is 3. The Bertz CT molecular complexity index is 760. The van der Waals surface area contributed by atoms with Crippen molar-refractivity contribution in [3.05, 3.63) is 46.6 Å². The van der Waals surface area contributed by atoms with Gasteiger partial charge in [0.25, 0.3) is 5.91 Å². The molecule has 1 saturated carbocycles. The molecule has 1 amide bonds. The van der Waals surface area contributed by atoms with Crippen molar-refractivity contribution in [2.75, 3.05) is 5.32 Å². The molecule has 5 nitrogen and oxygen atoms in total. The molecule has 0 atom stereocenters. The van der Waals surface area contributed by atoms with Crippen LogP contribution in [0.15, 0.2) is 30.3 Å². The summed E-state index contributed by atoms with van der Waals surface area (Å²) in [5, 5.41) is 13.1. The number of carbonyl (C=O) groups excluding carboxylic acids is 1. The van der Waals surface area contributed by atoms with Gasteiger partial charge in [-0.15, -0.1) is 10.2 Å². The van der Waals surface area contributed by atoms with Crippen LogP contribution in [-0.4, -0.2) is 22.1 Å². The second-order valence-electron chi connectivity index (χ2n) is 5.37. The van der Waals surface area contributed by atoms with Crippen LogP contribution in [0.1, 0.15) is 28.9 Å². The summed E-state index contributed by atoms with van der Waals surface area (Å²) in [6, 6.07) is 6.01. The normalized spacial score (nSPS) is 14.3. The van der Waals surface area contributed by atoms with Crippen LogP contribution in [-0.2, 0) is 6.18 Å². The Balaban J connectivity index is 1.75. The molecule has 0 bridgehead atoms. The van der Waals surface area contributed by atoms with Gasteiger partial charge < -0.3 is 10.6 Å². The SMILES string of the molecule is O=C(NC1CC1)c1ccc(Nc2cc(C(F)(F)F)ccc2Cl)nn1. The van der Waals surface area contributed by atoms with Crippen LogP contribution in [0, 0.1) is 0 Å². The average Bonchev–Trinajstić information content (AvgIpc) is 3.33. The van der Waals surface area contributed by atoms with Crippen molar-refractivity contribution in [1.29, 1.82) is 0 Å². The van der Waals surface area contributed by atoms with Gasteiger partial charge in [0.15, 0.2) is 11.5 Å². The van der Waals surface area contributed by atoms with Gasteiger partial charge in [0.05, 0.1) is 16.3 Å². The van der Waals surface area contributed by atoms with E-state index in [1.807, 2.05) is 0 Å². The smallest absolute Gasteiger partial charge is 0.348 e. The fourth-order valence-electron chi connectivity index (χ4n) is 1.94. The summed E-state index contributed by atoms with van der Waals surface area (Å²) >= 11 is 5.90. The maximum Gasteiger partial charge on any atom is 0.416 e. The van der Waals surface area contributed by atoms with Gasteiger partial charge in [-0.05, 0) is 43.2 Å². The highest BCUT2D eigenvalue weighted by atomic mass is 35.5. The molecule has 0 aliphatic heterocycles. The van der Waals surface area contributed by atoms with Crippen LogP contribution < -0.4 is 10.6 Å². The van der Waals surface area contributed by atoms with Gasteiger partial charge in [0.1, 0.15) is 0 Å². The number of rotatable bonds is 4. The summed E-state index contributed by atoms with van der Waals surface area (Å²) in [5.41, 5.74) is -0.638. The van der Waals surface area contributed by atoms with E-state index in [0.717, 1.165) is 31.0 Å². The molecule has 2 N–H and O–H groups in total. The van der Waals surface area contributed by atoms with Crippen molar-refractivity contribution in [3.63, 3.8) is 0 Å². The highest BCUT2D eigenvalue weighted by Gasteiger charge is 2.31. The lowest BCUT2D eigenvalue weighted by molar-refractivity contribution is -0.137. The predicted molar refractivity (Wildman–Crippen MR) is 82.3 cm³/mol. The molecule has 0 unspecified atom stereocenters. The third-order valence-corrected chi connectivity index (χ3v) is 3.70. The molecule has 3 rings (SSSR count). The first-order valence-electron chi connectivity index (χ1n) is 7.11. The van der Waals surface area contributed by atoms with Crippen molar-refractivity contribution in [2.24, 2.45) is 0 Å². The van der Waals surface area contributed by atoms with Crippen LogP contribution in [0.25, 0.3) is 0 Å². The minimum Gasteiger partial charge on any atom is -0.348 e. The number of halogens is 4. The van der Waals surface area contributed by atoms with E-state index in [4.69, 9.17) is 11.6 Å². The quantitative estimate of drug-likeness (QED) is 0.874. The summed E-state index contributed by atoms with van der Waals surface area (Å²) in [4.78, 5) is 11.8. The van der Waals surface area contributed by atoms with E-state index in [9.17, 15) is 18.0 Å². The van der Waals surface area contributed by atoms with Crippen LogP contribution in [0.2, 0.25) is 5.02 Å². The fraction of sp³-hybridized carbons (Fsp3) is 0.267. The summed E-state index contributed by atoms with van der Waals surface area (Å²) in [7, 11) is 0. The van der Waals surface area contributed by atoms with Gasteiger partial charge in [-0.1, -0.05) is 11.6 Å². The lowest BCUT2D eigenvalue weighted by atomic mass is 10.2. The van der Waals surface area contributed by atoms with Crippen molar-refractivity contribution in [2.45, 2.75) is 25.1 Å². The summed E-state index contributed by atoms with van der Waals surface area (Å²) in [5.74, 6) is -0.146. The van der Waals surface area contributed by atoms with E-state index < -0.39 is 11.7 Å². The molecular formula is C15H12ClF3N4O. The van der Waals surface area contributed by atoms with Crippen molar-refractivity contribution >= 4 is 29.0 Å². The van der Waals surface area contributed by atoms with Crippen LogP contribution >= 0.6 is 11.6 Å². The third kappa shape index (κ3) is 3.94.